The summed E-state index contributed by atoms with van der Waals surface area (Å²) in [5, 5.41) is 0.515. The Morgan fingerprint density at radius 2 is 1.24 bits per heavy atom. The van der Waals surface area contributed by atoms with E-state index in [4.69, 9.17) is 0 Å². The van der Waals surface area contributed by atoms with Crippen LogP contribution in [0.15, 0.2) is 109 Å². The first-order chi connectivity index (χ1) is 21.4. The lowest BCUT2D eigenvalue weighted by atomic mass is 10.0. The third-order valence-corrected chi connectivity index (χ3v) is 7.70. The molecule has 0 spiro atoms. The number of benzene rings is 5. The highest BCUT2D eigenvalue weighted by Crippen LogP contribution is 2.41. The first-order valence-corrected chi connectivity index (χ1v) is 13.7. The molecule has 0 aliphatic carbocycles. The van der Waals surface area contributed by atoms with E-state index in [0.717, 1.165) is 34.7 Å². The van der Waals surface area contributed by atoms with E-state index >= 15 is 0 Å². The number of aryl methyl sites for hydroxylation is 1. The highest BCUT2D eigenvalue weighted by Gasteiger charge is 2.34. The van der Waals surface area contributed by atoms with E-state index in [9.17, 15) is 35.9 Å². The lowest BCUT2D eigenvalue weighted by Crippen LogP contribution is -2.31. The lowest BCUT2D eigenvalue weighted by Gasteiger charge is -2.23. The van der Waals surface area contributed by atoms with E-state index in [1.807, 2.05) is 6.07 Å². The second-order valence-electron chi connectivity index (χ2n) is 10.4. The van der Waals surface area contributed by atoms with Gasteiger partial charge in [-0.2, -0.15) is 26.3 Å². The molecule has 0 saturated heterocycles. The minimum Gasteiger partial charge on any atom is -0.308 e. The van der Waals surface area contributed by atoms with Crippen molar-refractivity contribution < 1.29 is 35.9 Å². The van der Waals surface area contributed by atoms with Crippen molar-refractivity contribution in [3.63, 3.8) is 0 Å². The molecule has 2 amide bonds. The Kier molecular flexibility index (Phi) is 7.23. The molecule has 0 aliphatic heterocycles. The average Bonchev–Trinajstić information content (AvgIpc) is 3.34. The molecule has 1 aromatic heterocycles. The first kappa shape index (κ1) is 29.7. The van der Waals surface area contributed by atoms with Crippen LogP contribution in [-0.4, -0.2) is 16.9 Å². The predicted molar refractivity (Wildman–Crippen MR) is 160 cm³/mol. The lowest BCUT2D eigenvalue weighted by molar-refractivity contribution is -0.138. The molecule has 5 aromatic carbocycles. The van der Waals surface area contributed by atoms with Gasteiger partial charge in [-0.05, 0) is 54.4 Å². The maximum Gasteiger partial charge on any atom is 0.416 e. The van der Waals surface area contributed by atoms with Gasteiger partial charge in [-0.25, -0.2) is 4.90 Å². The molecule has 6 rings (SSSR count). The van der Waals surface area contributed by atoms with Crippen LogP contribution in [-0.2, 0) is 17.1 Å². The monoisotopic (exact) mass is 616 g/mol. The van der Waals surface area contributed by atoms with Crippen LogP contribution >= 0.6 is 0 Å². The molecular weight excluding hydrogens is 594 g/mol. The first-order valence-electron chi connectivity index (χ1n) is 13.7. The van der Waals surface area contributed by atoms with Crippen LogP contribution < -0.4 is 4.90 Å². The number of imide groups is 1. The topological polar surface area (TPSA) is 42.3 Å². The van der Waals surface area contributed by atoms with Gasteiger partial charge in [0.05, 0.1) is 39.1 Å². The summed E-state index contributed by atoms with van der Waals surface area (Å²) in [4.78, 5) is 27.8. The summed E-state index contributed by atoms with van der Waals surface area (Å²) >= 11 is 0. The van der Waals surface area contributed by atoms with Crippen molar-refractivity contribution in [2.24, 2.45) is 0 Å². The number of fused-ring (bicyclic) bond motifs is 3. The molecule has 0 aliphatic rings. The van der Waals surface area contributed by atoms with E-state index in [1.165, 1.54) is 22.8 Å². The van der Waals surface area contributed by atoms with Gasteiger partial charge in [-0.15, -0.1) is 0 Å². The molecule has 0 N–H and O–H groups in total. The maximum absolute atomic E-state index is 14.3. The van der Waals surface area contributed by atoms with Gasteiger partial charge in [-0.1, -0.05) is 72.8 Å². The number of carbonyl (C=O) groups is 2. The van der Waals surface area contributed by atoms with Crippen molar-refractivity contribution in [2.75, 3.05) is 4.90 Å². The molecule has 0 atom stereocenters. The van der Waals surface area contributed by atoms with Gasteiger partial charge in [-0.3, -0.25) is 9.59 Å². The van der Waals surface area contributed by atoms with Gasteiger partial charge in [0, 0.05) is 16.3 Å². The zero-order chi connectivity index (χ0) is 32.1. The smallest absolute Gasteiger partial charge is 0.308 e. The van der Waals surface area contributed by atoms with Crippen molar-refractivity contribution in [2.45, 2.75) is 19.3 Å². The summed E-state index contributed by atoms with van der Waals surface area (Å²) in [6.07, 6.45) is -9.14. The van der Waals surface area contributed by atoms with Crippen LogP contribution in [0.2, 0.25) is 0 Å². The molecular formula is C35H22F6N2O2. The minimum atomic E-state index is -4.74. The Labute approximate surface area is 252 Å². The zero-order valence-electron chi connectivity index (χ0n) is 23.4. The molecule has 45 heavy (non-hydrogen) atoms. The van der Waals surface area contributed by atoms with E-state index < -0.39 is 29.4 Å². The third kappa shape index (κ3) is 5.22. The summed E-state index contributed by atoms with van der Waals surface area (Å²) in [5.41, 5.74) is -0.293. The van der Waals surface area contributed by atoms with Gasteiger partial charge in [0.2, 0.25) is 6.41 Å². The summed E-state index contributed by atoms with van der Waals surface area (Å²) in [6.45, 7) is 1.58. The summed E-state index contributed by atoms with van der Waals surface area (Å²) < 4.78 is 84.4. The van der Waals surface area contributed by atoms with Crippen LogP contribution in [0.1, 0.15) is 27.0 Å². The molecule has 0 radical (unpaired) electrons. The van der Waals surface area contributed by atoms with E-state index in [2.05, 4.69) is 0 Å². The van der Waals surface area contributed by atoms with E-state index in [0.29, 0.717) is 17.5 Å². The van der Waals surface area contributed by atoms with Crippen molar-refractivity contribution in [3.8, 4) is 16.8 Å². The normalized spacial score (nSPS) is 12.1. The van der Waals surface area contributed by atoms with Crippen LogP contribution in [0.3, 0.4) is 0 Å². The number of hydrogen-bond acceptors (Lipinski definition) is 2. The van der Waals surface area contributed by atoms with Crippen LogP contribution in [0.4, 0.5) is 32.0 Å². The van der Waals surface area contributed by atoms with Gasteiger partial charge >= 0.3 is 12.4 Å². The zero-order valence-corrected chi connectivity index (χ0v) is 23.4. The fourth-order valence-corrected chi connectivity index (χ4v) is 5.63. The number of amides is 2. The SMILES string of the molecule is Cc1cccc(-n2c3cc(C(F)(F)F)ccc3c3ccc(C(F)(F)F)cc32)c1C(=O)N(C=O)c1ccccc1-c1ccccc1. The van der Waals surface area contributed by atoms with Gasteiger partial charge < -0.3 is 4.57 Å². The van der Waals surface area contributed by atoms with Gasteiger partial charge in [0.25, 0.3) is 5.91 Å². The molecule has 0 saturated carbocycles. The number of rotatable bonds is 5. The summed E-state index contributed by atoms with van der Waals surface area (Å²) in [6, 6.07) is 26.1. The van der Waals surface area contributed by atoms with Gasteiger partial charge in [0.15, 0.2) is 0 Å². The Hall–Kier alpha value is -5.38. The Bertz CT molecular complexity index is 2020. The highest BCUT2D eigenvalue weighted by molar-refractivity contribution is 6.20. The van der Waals surface area contributed by atoms with Crippen molar-refractivity contribution >= 4 is 39.8 Å². The fraction of sp³-hybridized carbons (Fsp3) is 0.0857. The molecule has 4 nitrogen and oxygen atoms in total. The fourth-order valence-electron chi connectivity index (χ4n) is 5.63. The molecule has 0 fully saturated rings. The number of hydrogen-bond donors (Lipinski definition) is 0. The van der Waals surface area contributed by atoms with Crippen molar-refractivity contribution in [1.29, 1.82) is 0 Å². The second-order valence-corrected chi connectivity index (χ2v) is 10.4. The number of carbonyl (C=O) groups excluding carboxylic acids is 2. The number of nitrogens with zero attached hydrogens (tertiary/aromatic N) is 2. The maximum atomic E-state index is 14.3. The molecule has 0 unspecified atom stereocenters. The summed E-state index contributed by atoms with van der Waals surface area (Å²) in [7, 11) is 0. The predicted octanol–water partition coefficient (Wildman–Crippen LogP) is 9.60. The number of para-hydroxylation sites is 1. The van der Waals surface area contributed by atoms with Crippen LogP contribution in [0.5, 0.6) is 0 Å². The van der Waals surface area contributed by atoms with Gasteiger partial charge in [0.1, 0.15) is 0 Å². The molecule has 0 bridgehead atoms. The largest absolute Gasteiger partial charge is 0.416 e. The molecule has 226 valence electrons. The Balaban J connectivity index is 1.64. The van der Waals surface area contributed by atoms with Crippen LogP contribution in [0, 0.1) is 6.92 Å². The Morgan fingerprint density at radius 1 is 0.689 bits per heavy atom. The molecule has 6 aromatic rings. The number of alkyl halides is 6. The second kappa shape index (κ2) is 11.0. The highest BCUT2D eigenvalue weighted by atomic mass is 19.4. The van der Waals surface area contributed by atoms with Crippen molar-refractivity contribution in [1.82, 2.24) is 4.57 Å². The number of anilines is 1. The van der Waals surface area contributed by atoms with E-state index in [-0.39, 0.29) is 38.7 Å². The Morgan fingerprint density at radius 3 is 1.80 bits per heavy atom. The quantitative estimate of drug-likeness (QED) is 0.143. The number of aromatic nitrogens is 1. The average molecular weight is 617 g/mol. The van der Waals surface area contributed by atoms with Crippen molar-refractivity contribution in [3.05, 3.63) is 131 Å². The van der Waals surface area contributed by atoms with Crippen LogP contribution in [0.25, 0.3) is 38.6 Å². The summed E-state index contributed by atoms with van der Waals surface area (Å²) in [5.74, 6) is -0.810. The van der Waals surface area contributed by atoms with E-state index in [1.54, 1.807) is 67.6 Å². The molecule has 10 heteroatoms. The standard InChI is InChI=1S/C35H22F6N2O2/c1-21-8-7-13-29(32(21)33(45)42(20-44)28-12-6-5-11-25(28)22-9-3-2-4-10-22)43-30-18-23(34(36,37)38)14-16-26(30)27-17-15-24(19-31(27)43)35(39,40)41/h2-20H,1H3. The molecule has 1 heterocycles. The minimum absolute atomic E-state index is 0.0164. The third-order valence-electron chi connectivity index (χ3n) is 7.70. The number of halogens is 6.